The van der Waals surface area contributed by atoms with Gasteiger partial charge in [-0.2, -0.15) is 13.2 Å². The van der Waals surface area contributed by atoms with Gasteiger partial charge in [-0.1, -0.05) is 13.8 Å². The quantitative estimate of drug-likeness (QED) is 0.426. The van der Waals surface area contributed by atoms with Crippen LogP contribution in [0.4, 0.5) is 30.2 Å². The third-order valence-electron chi connectivity index (χ3n) is 3.65. The maximum absolute atomic E-state index is 13.0. The lowest BCUT2D eigenvalue weighted by Crippen LogP contribution is -2.33. The normalized spacial score (nSPS) is 11.5. The van der Waals surface area contributed by atoms with Gasteiger partial charge in [0.25, 0.3) is 11.6 Å². The Morgan fingerprint density at radius 3 is 2.16 bits per heavy atom. The zero-order valence-corrected chi connectivity index (χ0v) is 17.4. The van der Waals surface area contributed by atoms with E-state index in [1.54, 1.807) is 0 Å². The second-order valence-electron chi connectivity index (χ2n) is 6.01. The fraction of sp³-hybridized carbons (Fsp3) is 0.300. The largest absolute Gasteiger partial charge is 0.490 e. The molecule has 0 aromatic heterocycles. The van der Waals surface area contributed by atoms with E-state index in [4.69, 9.17) is 4.74 Å². The van der Waals surface area contributed by atoms with Crippen LogP contribution in [0, 0.1) is 10.1 Å². The fourth-order valence-electron chi connectivity index (χ4n) is 2.31. The zero-order valence-electron chi connectivity index (χ0n) is 17.4. The molecule has 0 spiro atoms. The van der Waals surface area contributed by atoms with E-state index in [1.165, 1.54) is 31.2 Å². The van der Waals surface area contributed by atoms with Crippen LogP contribution in [0.5, 0.6) is 5.75 Å². The first kappa shape index (κ1) is 26.4. The number of hydrogen-bond acceptors (Lipinski definition) is 6. The van der Waals surface area contributed by atoms with E-state index in [2.05, 4.69) is 5.32 Å². The van der Waals surface area contributed by atoms with E-state index < -0.39 is 41.0 Å². The minimum absolute atomic E-state index is 0.268. The van der Waals surface area contributed by atoms with E-state index in [1.807, 2.05) is 19.2 Å². The topological polar surface area (TPSA) is 131 Å². The van der Waals surface area contributed by atoms with Crippen molar-refractivity contribution in [1.29, 1.82) is 0 Å². The van der Waals surface area contributed by atoms with Gasteiger partial charge in [-0.3, -0.25) is 19.7 Å². The summed E-state index contributed by atoms with van der Waals surface area (Å²) in [5.74, 6) is -1.06. The highest BCUT2D eigenvalue weighted by Crippen LogP contribution is 2.37. The first-order valence-electron chi connectivity index (χ1n) is 9.32. The van der Waals surface area contributed by atoms with Gasteiger partial charge in [0.05, 0.1) is 4.92 Å². The highest BCUT2D eigenvalue weighted by Gasteiger charge is 2.38. The highest BCUT2D eigenvalue weighted by atomic mass is 19.4. The van der Waals surface area contributed by atoms with Crippen molar-refractivity contribution >= 4 is 28.9 Å². The smallest absolute Gasteiger partial charge is 0.423 e. The first-order chi connectivity index (χ1) is 15.0. The Kier molecular flexibility index (Phi) is 9.60. The maximum atomic E-state index is 13.0. The highest BCUT2D eigenvalue weighted by molar-refractivity contribution is 5.94. The molecule has 174 valence electrons. The molecule has 0 fully saturated rings. The molecule has 2 rings (SSSR count). The maximum Gasteiger partial charge on any atom is 0.423 e. The number of aliphatic hydroxyl groups excluding tert-OH is 1. The van der Waals surface area contributed by atoms with E-state index in [0.717, 1.165) is 6.07 Å². The van der Waals surface area contributed by atoms with Gasteiger partial charge in [0, 0.05) is 24.4 Å². The molecule has 0 aliphatic rings. The number of nitrogens with zero attached hydrogens (tertiary/aromatic N) is 1. The average Bonchev–Trinajstić information content (AvgIpc) is 2.73. The SMILES string of the molecule is CC.CC(=O)Nc1ccc(OC[C@H](O)C(=O)Nc2ccc([N+](=O)[O-])c(C(F)(F)F)c2)cc1. The molecule has 3 N–H and O–H groups in total. The summed E-state index contributed by atoms with van der Waals surface area (Å²) in [6.45, 7) is 4.83. The van der Waals surface area contributed by atoms with Crippen molar-refractivity contribution in [2.75, 3.05) is 17.2 Å². The molecule has 0 saturated carbocycles. The Morgan fingerprint density at radius 2 is 1.66 bits per heavy atom. The summed E-state index contributed by atoms with van der Waals surface area (Å²) in [6, 6.07) is 7.93. The van der Waals surface area contributed by atoms with Crippen molar-refractivity contribution in [1.82, 2.24) is 0 Å². The molecule has 0 heterocycles. The van der Waals surface area contributed by atoms with Gasteiger partial charge in [-0.15, -0.1) is 0 Å². The molecule has 32 heavy (non-hydrogen) atoms. The molecule has 0 unspecified atom stereocenters. The summed E-state index contributed by atoms with van der Waals surface area (Å²) < 4.78 is 44.2. The second kappa shape index (κ2) is 11.6. The van der Waals surface area contributed by atoms with E-state index in [-0.39, 0.29) is 17.3 Å². The average molecular weight is 457 g/mol. The minimum atomic E-state index is -5.01. The van der Waals surface area contributed by atoms with Crippen molar-refractivity contribution in [3.63, 3.8) is 0 Å². The predicted molar refractivity (Wildman–Crippen MR) is 110 cm³/mol. The van der Waals surface area contributed by atoms with Gasteiger partial charge in [-0.25, -0.2) is 0 Å². The number of carbonyl (C=O) groups is 2. The molecule has 2 aromatic rings. The fourth-order valence-corrected chi connectivity index (χ4v) is 2.31. The predicted octanol–water partition coefficient (Wildman–Crippen LogP) is 3.98. The number of ether oxygens (including phenoxy) is 1. The van der Waals surface area contributed by atoms with Gasteiger partial charge < -0.3 is 20.5 Å². The van der Waals surface area contributed by atoms with E-state index >= 15 is 0 Å². The van der Waals surface area contributed by atoms with Gasteiger partial charge in [0.15, 0.2) is 6.10 Å². The van der Waals surface area contributed by atoms with Crippen LogP contribution in [0.15, 0.2) is 42.5 Å². The monoisotopic (exact) mass is 457 g/mol. The van der Waals surface area contributed by atoms with Crippen LogP contribution in [-0.4, -0.2) is 34.6 Å². The number of rotatable bonds is 7. The number of nitro groups is 1. The van der Waals surface area contributed by atoms with Crippen molar-refractivity contribution in [3.8, 4) is 5.75 Å². The van der Waals surface area contributed by atoms with E-state index in [0.29, 0.717) is 17.8 Å². The number of amides is 2. The molecule has 2 amide bonds. The molecule has 12 heteroatoms. The number of aliphatic hydroxyl groups is 1. The van der Waals surface area contributed by atoms with Crippen molar-refractivity contribution in [2.45, 2.75) is 33.1 Å². The number of nitrogens with one attached hydrogen (secondary N) is 2. The Morgan fingerprint density at radius 1 is 1.09 bits per heavy atom. The standard InChI is InChI=1S/C18H16F3N3O6.C2H6/c1-10(25)22-11-2-5-13(6-3-11)30-9-16(26)17(27)23-12-4-7-15(24(28)29)14(8-12)18(19,20)21;1-2/h2-8,16,26H,9H2,1H3,(H,22,25)(H,23,27);1-2H3/t16-;/m0./s1. The van der Waals surface area contributed by atoms with Gasteiger partial charge in [-0.05, 0) is 36.4 Å². The number of carbonyl (C=O) groups excluding carboxylic acids is 2. The minimum Gasteiger partial charge on any atom is -0.490 e. The van der Waals surface area contributed by atoms with Crippen LogP contribution < -0.4 is 15.4 Å². The van der Waals surface area contributed by atoms with Gasteiger partial charge >= 0.3 is 6.18 Å². The number of nitro benzene ring substituents is 1. The lowest BCUT2D eigenvalue weighted by atomic mass is 10.1. The third kappa shape index (κ3) is 7.87. The molecule has 0 aliphatic heterocycles. The molecule has 0 radical (unpaired) electrons. The van der Waals surface area contributed by atoms with E-state index in [9.17, 15) is 38.0 Å². The number of anilines is 2. The first-order valence-corrected chi connectivity index (χ1v) is 9.32. The van der Waals surface area contributed by atoms with Crippen LogP contribution in [0.25, 0.3) is 0 Å². The van der Waals surface area contributed by atoms with Crippen molar-refractivity contribution in [3.05, 3.63) is 58.1 Å². The Balaban J connectivity index is 0.00000249. The van der Waals surface area contributed by atoms with Crippen LogP contribution in [-0.2, 0) is 15.8 Å². The number of halogens is 3. The molecule has 9 nitrogen and oxygen atoms in total. The Hall–Kier alpha value is -3.67. The molecule has 0 aliphatic carbocycles. The molecular formula is C20H22F3N3O6. The van der Waals surface area contributed by atoms with Crippen LogP contribution in [0.3, 0.4) is 0 Å². The van der Waals surface area contributed by atoms with Gasteiger partial charge in [0.1, 0.15) is 17.9 Å². The Labute approximate surface area is 181 Å². The number of alkyl halides is 3. The summed E-state index contributed by atoms with van der Waals surface area (Å²) in [5.41, 5.74) is -2.56. The Bertz CT molecular complexity index is 949. The lowest BCUT2D eigenvalue weighted by molar-refractivity contribution is -0.388. The van der Waals surface area contributed by atoms with Gasteiger partial charge in [0.2, 0.25) is 5.91 Å². The number of hydrogen-bond donors (Lipinski definition) is 3. The summed E-state index contributed by atoms with van der Waals surface area (Å²) in [7, 11) is 0. The molecule has 0 bridgehead atoms. The number of benzene rings is 2. The molecular weight excluding hydrogens is 435 g/mol. The molecule has 1 atom stereocenters. The van der Waals surface area contributed by atoms with Crippen molar-refractivity contribution in [2.24, 2.45) is 0 Å². The zero-order chi connectivity index (χ0) is 24.5. The summed E-state index contributed by atoms with van der Waals surface area (Å²) >= 11 is 0. The van der Waals surface area contributed by atoms with Crippen LogP contribution >= 0.6 is 0 Å². The molecule has 0 saturated heterocycles. The summed E-state index contributed by atoms with van der Waals surface area (Å²) in [5, 5.41) is 25.2. The van der Waals surface area contributed by atoms with Crippen molar-refractivity contribution < 1.29 is 37.5 Å². The van der Waals surface area contributed by atoms with Crippen LogP contribution in [0.1, 0.15) is 26.3 Å². The molecule has 2 aromatic carbocycles. The second-order valence-corrected chi connectivity index (χ2v) is 6.01. The summed E-state index contributed by atoms with van der Waals surface area (Å²) in [4.78, 5) is 32.5. The van der Waals surface area contributed by atoms with Crippen LogP contribution in [0.2, 0.25) is 0 Å². The lowest BCUT2D eigenvalue weighted by Gasteiger charge is -2.14. The summed E-state index contributed by atoms with van der Waals surface area (Å²) in [6.07, 6.45) is -6.74. The third-order valence-corrected chi connectivity index (χ3v) is 3.65.